The van der Waals surface area contributed by atoms with Gasteiger partial charge < -0.3 is 15.1 Å². The van der Waals surface area contributed by atoms with Gasteiger partial charge in [0.2, 0.25) is 5.91 Å². The molecule has 1 rings (SSSR count). The van der Waals surface area contributed by atoms with E-state index in [1.807, 2.05) is 37.5 Å². The molecule has 8 heteroatoms. The molecular weight excluding hydrogens is 304 g/mol. The number of carbonyl (C=O) groups excluding carboxylic acids is 1. The fraction of sp³-hybridized carbons (Fsp3) is 0.857. The van der Waals surface area contributed by atoms with E-state index in [-0.39, 0.29) is 36.3 Å². The molecule has 0 aliphatic carbocycles. The van der Waals surface area contributed by atoms with Gasteiger partial charge in [0.1, 0.15) is 9.84 Å². The summed E-state index contributed by atoms with van der Waals surface area (Å²) in [6, 6.07) is 0.143. The molecule has 1 aliphatic rings. The van der Waals surface area contributed by atoms with Gasteiger partial charge in [-0.15, -0.1) is 0 Å². The van der Waals surface area contributed by atoms with E-state index in [4.69, 9.17) is 0 Å². The van der Waals surface area contributed by atoms with Gasteiger partial charge in [-0.2, -0.15) is 0 Å². The highest BCUT2D eigenvalue weighted by molar-refractivity contribution is 7.90. The van der Waals surface area contributed by atoms with Gasteiger partial charge in [0.05, 0.1) is 17.8 Å². The fourth-order valence-electron chi connectivity index (χ4n) is 2.99. The Morgan fingerprint density at radius 3 is 2.41 bits per heavy atom. The van der Waals surface area contributed by atoms with Crippen molar-refractivity contribution in [1.29, 1.82) is 0 Å². The third-order valence-corrected chi connectivity index (χ3v) is 4.55. The molecule has 1 heterocycles. The highest BCUT2D eigenvalue weighted by Gasteiger charge is 2.40. The van der Waals surface area contributed by atoms with Gasteiger partial charge in [0.15, 0.2) is 5.96 Å². The van der Waals surface area contributed by atoms with Crippen LogP contribution in [0, 0.1) is 0 Å². The van der Waals surface area contributed by atoms with E-state index in [9.17, 15) is 13.2 Å². The minimum absolute atomic E-state index is 0.0370. The van der Waals surface area contributed by atoms with E-state index in [2.05, 4.69) is 10.3 Å². The number of nitrogens with one attached hydrogen (secondary N) is 1. The van der Waals surface area contributed by atoms with E-state index in [0.29, 0.717) is 12.5 Å². The second-order valence-corrected chi connectivity index (χ2v) is 8.89. The van der Waals surface area contributed by atoms with E-state index in [0.717, 1.165) is 0 Å². The lowest BCUT2D eigenvalue weighted by Gasteiger charge is -2.49. The number of sulfone groups is 1. The predicted molar refractivity (Wildman–Crippen MR) is 88.7 cm³/mol. The van der Waals surface area contributed by atoms with Crippen LogP contribution in [0.2, 0.25) is 0 Å². The van der Waals surface area contributed by atoms with Crippen molar-refractivity contribution in [1.82, 2.24) is 15.1 Å². The summed E-state index contributed by atoms with van der Waals surface area (Å²) < 4.78 is 22.4. The van der Waals surface area contributed by atoms with Crippen molar-refractivity contribution in [3.05, 3.63) is 0 Å². The molecule has 1 fully saturated rings. The van der Waals surface area contributed by atoms with Gasteiger partial charge in [0, 0.05) is 32.4 Å². The summed E-state index contributed by atoms with van der Waals surface area (Å²) in [7, 11) is -1.39. The normalized spacial score (nSPS) is 19.8. The van der Waals surface area contributed by atoms with E-state index in [1.165, 1.54) is 6.26 Å². The zero-order valence-electron chi connectivity index (χ0n) is 14.4. The topological polar surface area (TPSA) is 82.1 Å². The zero-order valence-corrected chi connectivity index (χ0v) is 15.2. The Bertz CT molecular complexity index is 540. The Morgan fingerprint density at radius 1 is 1.41 bits per heavy atom. The number of guanidine groups is 1. The Kier molecular flexibility index (Phi) is 5.83. The summed E-state index contributed by atoms with van der Waals surface area (Å²) in [5, 5.41) is 3.02. The van der Waals surface area contributed by atoms with Crippen molar-refractivity contribution in [2.45, 2.75) is 39.3 Å². The lowest BCUT2D eigenvalue weighted by Crippen LogP contribution is -2.66. The highest BCUT2D eigenvalue weighted by Crippen LogP contribution is 2.24. The number of hydrogen-bond donors (Lipinski definition) is 1. The van der Waals surface area contributed by atoms with Gasteiger partial charge in [0.25, 0.3) is 0 Å². The first kappa shape index (κ1) is 18.7. The maximum absolute atomic E-state index is 12.4. The SMILES string of the molecule is CN=C(NCCS(C)(=O)=O)N1CC(=O)N(C(C)C)C(C)(C)C1. The Labute approximate surface area is 133 Å². The summed E-state index contributed by atoms with van der Waals surface area (Å²) in [6.07, 6.45) is 1.20. The molecule has 1 N–H and O–H groups in total. The number of hydrogen-bond acceptors (Lipinski definition) is 4. The molecule has 0 spiro atoms. The number of amides is 1. The third kappa shape index (κ3) is 4.86. The molecule has 0 bridgehead atoms. The molecular formula is C14H28N4O3S. The first-order chi connectivity index (χ1) is 9.98. The number of nitrogens with zero attached hydrogens (tertiary/aromatic N) is 3. The Morgan fingerprint density at radius 2 is 2.00 bits per heavy atom. The van der Waals surface area contributed by atoms with Crippen molar-refractivity contribution >= 4 is 21.7 Å². The smallest absolute Gasteiger partial charge is 0.242 e. The van der Waals surface area contributed by atoms with E-state index in [1.54, 1.807) is 7.05 Å². The number of piperazine rings is 1. The van der Waals surface area contributed by atoms with Crippen LogP contribution >= 0.6 is 0 Å². The molecule has 0 aromatic rings. The molecule has 0 saturated carbocycles. The largest absolute Gasteiger partial charge is 0.355 e. The second kappa shape index (κ2) is 6.85. The average molecular weight is 332 g/mol. The average Bonchev–Trinajstić information content (AvgIpc) is 2.30. The minimum Gasteiger partial charge on any atom is -0.355 e. The molecule has 0 aromatic heterocycles. The molecule has 1 amide bonds. The molecule has 0 radical (unpaired) electrons. The Hall–Kier alpha value is -1.31. The zero-order chi connectivity index (χ0) is 17.1. The third-order valence-electron chi connectivity index (χ3n) is 3.61. The number of rotatable bonds is 4. The van der Waals surface area contributed by atoms with Crippen LogP contribution in [-0.4, -0.2) is 80.4 Å². The maximum Gasteiger partial charge on any atom is 0.242 e. The maximum atomic E-state index is 12.4. The van der Waals surface area contributed by atoms with Gasteiger partial charge in [-0.1, -0.05) is 0 Å². The van der Waals surface area contributed by atoms with E-state index >= 15 is 0 Å². The van der Waals surface area contributed by atoms with Crippen molar-refractivity contribution in [3.63, 3.8) is 0 Å². The number of aliphatic imine (C=N–C) groups is 1. The molecule has 1 aliphatic heterocycles. The highest BCUT2D eigenvalue weighted by atomic mass is 32.2. The van der Waals surface area contributed by atoms with Gasteiger partial charge in [-0.3, -0.25) is 9.79 Å². The van der Waals surface area contributed by atoms with Crippen LogP contribution in [0.15, 0.2) is 4.99 Å². The van der Waals surface area contributed by atoms with Crippen LogP contribution in [0.25, 0.3) is 0 Å². The van der Waals surface area contributed by atoms with E-state index < -0.39 is 9.84 Å². The first-order valence-corrected chi connectivity index (χ1v) is 9.49. The van der Waals surface area contributed by atoms with Gasteiger partial charge in [-0.25, -0.2) is 8.42 Å². The van der Waals surface area contributed by atoms with Gasteiger partial charge >= 0.3 is 0 Å². The molecule has 0 aromatic carbocycles. The van der Waals surface area contributed by atoms with Crippen LogP contribution < -0.4 is 5.32 Å². The summed E-state index contributed by atoms with van der Waals surface area (Å²) in [5.41, 5.74) is -0.308. The minimum atomic E-state index is -3.02. The molecule has 0 atom stereocenters. The first-order valence-electron chi connectivity index (χ1n) is 7.43. The number of carbonyl (C=O) groups is 1. The summed E-state index contributed by atoms with van der Waals surface area (Å²) in [5.74, 6) is 0.653. The molecule has 22 heavy (non-hydrogen) atoms. The molecule has 1 saturated heterocycles. The quantitative estimate of drug-likeness (QED) is 0.576. The summed E-state index contributed by atoms with van der Waals surface area (Å²) in [6.45, 7) is 9.25. The van der Waals surface area contributed by atoms with Crippen LogP contribution in [-0.2, 0) is 14.6 Å². The molecule has 0 unspecified atom stereocenters. The lowest BCUT2D eigenvalue weighted by molar-refractivity contribution is -0.145. The molecule has 7 nitrogen and oxygen atoms in total. The van der Waals surface area contributed by atoms with Crippen molar-refractivity contribution < 1.29 is 13.2 Å². The fourth-order valence-corrected chi connectivity index (χ4v) is 3.47. The van der Waals surface area contributed by atoms with Crippen molar-refractivity contribution in [3.8, 4) is 0 Å². The van der Waals surface area contributed by atoms with Crippen molar-refractivity contribution in [2.75, 3.05) is 38.7 Å². The summed E-state index contributed by atoms with van der Waals surface area (Å²) in [4.78, 5) is 20.4. The van der Waals surface area contributed by atoms with Crippen LogP contribution in [0.5, 0.6) is 0 Å². The van der Waals surface area contributed by atoms with Gasteiger partial charge in [-0.05, 0) is 27.7 Å². The molecule has 128 valence electrons. The predicted octanol–water partition coefficient (Wildman–Crippen LogP) is -0.0624. The second-order valence-electron chi connectivity index (χ2n) is 6.63. The standard InChI is InChI=1S/C14H28N4O3S/c1-11(2)18-12(19)9-17(10-14(18,3)4)13(15-5)16-7-8-22(6,20)21/h11H,7-10H2,1-6H3,(H,15,16). The Balaban J connectivity index is 2.78. The van der Waals surface area contributed by atoms with Crippen LogP contribution in [0.1, 0.15) is 27.7 Å². The monoisotopic (exact) mass is 332 g/mol. The van der Waals surface area contributed by atoms with Crippen LogP contribution in [0.4, 0.5) is 0 Å². The van der Waals surface area contributed by atoms with Crippen molar-refractivity contribution in [2.24, 2.45) is 4.99 Å². The lowest BCUT2D eigenvalue weighted by atomic mass is 9.96. The van der Waals surface area contributed by atoms with Crippen LogP contribution in [0.3, 0.4) is 0 Å². The summed E-state index contributed by atoms with van der Waals surface area (Å²) >= 11 is 0.